The number of aromatic nitrogens is 1. The van der Waals surface area contributed by atoms with Crippen molar-refractivity contribution >= 4 is 5.82 Å². The lowest BCUT2D eigenvalue weighted by atomic mass is 10.2. The summed E-state index contributed by atoms with van der Waals surface area (Å²) >= 11 is 0. The van der Waals surface area contributed by atoms with Gasteiger partial charge in [-0.1, -0.05) is 0 Å². The largest absolute Gasteiger partial charge is 0.384 e. The third-order valence-electron chi connectivity index (χ3n) is 3.08. The fourth-order valence-electron chi connectivity index (χ4n) is 1.89. The molecule has 0 amide bonds. The molecule has 2 N–H and O–H groups in total. The molecule has 100 valence electrons. The maximum absolute atomic E-state index is 9.02. The molecule has 0 fully saturated rings. The summed E-state index contributed by atoms with van der Waals surface area (Å²) in [6, 6.07) is 2.15. The van der Waals surface area contributed by atoms with E-state index in [1.807, 2.05) is 18.4 Å². The van der Waals surface area contributed by atoms with E-state index in [1.54, 1.807) is 7.11 Å². The van der Waals surface area contributed by atoms with E-state index >= 15 is 0 Å². The highest BCUT2D eigenvalue weighted by molar-refractivity contribution is 5.57. The number of hydrogen-bond acceptors (Lipinski definition) is 4. The molecule has 0 saturated heterocycles. The average Bonchev–Trinajstić information content (AvgIpc) is 2.56. The van der Waals surface area contributed by atoms with E-state index in [2.05, 4.69) is 6.07 Å². The van der Waals surface area contributed by atoms with Crippen LogP contribution in [0.4, 0.5) is 5.82 Å². The molecular weight excluding hydrogens is 230 g/mol. The number of ether oxygens (including phenoxy) is 2. The van der Waals surface area contributed by atoms with Gasteiger partial charge in [-0.15, -0.1) is 0 Å². The van der Waals surface area contributed by atoms with Crippen LogP contribution in [0.2, 0.25) is 0 Å². The lowest BCUT2D eigenvalue weighted by molar-refractivity contribution is 0.0680. The minimum Gasteiger partial charge on any atom is -0.384 e. The zero-order valence-corrected chi connectivity index (χ0v) is 11.3. The maximum Gasteiger partial charge on any atom is 0.122 e. The molecule has 0 saturated carbocycles. The van der Waals surface area contributed by atoms with Crippen LogP contribution in [0.5, 0.6) is 0 Å². The Bertz CT molecular complexity index is 432. The lowest BCUT2D eigenvalue weighted by Crippen LogP contribution is -2.09. The van der Waals surface area contributed by atoms with Crippen molar-refractivity contribution in [1.82, 2.24) is 4.57 Å². The van der Waals surface area contributed by atoms with Gasteiger partial charge < -0.3 is 19.8 Å². The number of anilines is 1. The van der Waals surface area contributed by atoms with E-state index in [0.29, 0.717) is 31.2 Å². The molecule has 0 bridgehead atoms. The van der Waals surface area contributed by atoms with Gasteiger partial charge in [0, 0.05) is 26.0 Å². The monoisotopic (exact) mass is 251 g/mol. The van der Waals surface area contributed by atoms with E-state index < -0.39 is 0 Å². The summed E-state index contributed by atoms with van der Waals surface area (Å²) in [5.41, 5.74) is 8.57. The van der Waals surface area contributed by atoms with Gasteiger partial charge in [0.1, 0.15) is 11.9 Å². The van der Waals surface area contributed by atoms with Crippen LogP contribution < -0.4 is 5.73 Å². The maximum atomic E-state index is 9.02. The van der Waals surface area contributed by atoms with Gasteiger partial charge in [0.05, 0.1) is 18.8 Å². The van der Waals surface area contributed by atoms with Crippen LogP contribution in [0.3, 0.4) is 0 Å². The van der Waals surface area contributed by atoms with Crippen molar-refractivity contribution in [3.63, 3.8) is 0 Å². The summed E-state index contributed by atoms with van der Waals surface area (Å²) in [6.45, 7) is 6.57. The third kappa shape index (κ3) is 3.25. The Balaban J connectivity index is 2.51. The number of hydrogen-bond donors (Lipinski definition) is 1. The minimum absolute atomic E-state index is 0.560. The van der Waals surface area contributed by atoms with Crippen molar-refractivity contribution in [2.45, 2.75) is 26.8 Å². The van der Waals surface area contributed by atoms with Gasteiger partial charge in [-0.3, -0.25) is 0 Å². The summed E-state index contributed by atoms with van der Waals surface area (Å²) < 4.78 is 12.3. The standard InChI is InChI=1S/C13H21N3O2/c1-10-11(2)16(13(15)12(10)9-14)5-4-6-18-8-7-17-3/h4-8,15H2,1-3H3. The second-order valence-corrected chi connectivity index (χ2v) is 4.19. The summed E-state index contributed by atoms with van der Waals surface area (Å²) in [5, 5.41) is 9.02. The Labute approximate surface area is 108 Å². The quantitative estimate of drug-likeness (QED) is 0.747. The number of methoxy groups -OCH3 is 1. The molecule has 1 aromatic heterocycles. The predicted molar refractivity (Wildman–Crippen MR) is 70.3 cm³/mol. The molecule has 0 radical (unpaired) electrons. The number of nitriles is 1. The Morgan fingerprint density at radius 3 is 2.56 bits per heavy atom. The Morgan fingerprint density at radius 2 is 2.00 bits per heavy atom. The van der Waals surface area contributed by atoms with Gasteiger partial charge in [-0.05, 0) is 25.8 Å². The van der Waals surface area contributed by atoms with Crippen molar-refractivity contribution in [3.8, 4) is 6.07 Å². The van der Waals surface area contributed by atoms with Crippen LogP contribution in [0.1, 0.15) is 23.2 Å². The summed E-state index contributed by atoms with van der Waals surface area (Å²) in [5.74, 6) is 0.560. The Kier molecular flexibility index (Phi) is 5.69. The summed E-state index contributed by atoms with van der Waals surface area (Å²) in [6.07, 6.45) is 0.869. The molecule has 18 heavy (non-hydrogen) atoms. The zero-order chi connectivity index (χ0) is 13.5. The van der Waals surface area contributed by atoms with Crippen LogP contribution in [0.15, 0.2) is 0 Å². The molecular formula is C13H21N3O2. The van der Waals surface area contributed by atoms with Crippen LogP contribution >= 0.6 is 0 Å². The first-order valence-electron chi connectivity index (χ1n) is 6.05. The predicted octanol–water partition coefficient (Wildman–Crippen LogP) is 1.61. The van der Waals surface area contributed by atoms with Crippen LogP contribution in [-0.4, -0.2) is 31.5 Å². The first-order valence-corrected chi connectivity index (χ1v) is 6.05. The van der Waals surface area contributed by atoms with Gasteiger partial charge >= 0.3 is 0 Å². The van der Waals surface area contributed by atoms with Crippen LogP contribution in [-0.2, 0) is 16.0 Å². The lowest BCUT2D eigenvalue weighted by Gasteiger charge is -2.09. The molecule has 0 aliphatic heterocycles. The smallest absolute Gasteiger partial charge is 0.122 e. The van der Waals surface area contributed by atoms with Crippen molar-refractivity contribution < 1.29 is 9.47 Å². The molecule has 1 rings (SSSR count). The van der Waals surface area contributed by atoms with E-state index in [9.17, 15) is 0 Å². The molecule has 1 aromatic rings. The van der Waals surface area contributed by atoms with Crippen molar-refractivity contribution in [1.29, 1.82) is 5.26 Å². The van der Waals surface area contributed by atoms with Crippen molar-refractivity contribution in [3.05, 3.63) is 16.8 Å². The van der Waals surface area contributed by atoms with Gasteiger partial charge in [0.25, 0.3) is 0 Å². The SMILES string of the molecule is COCCOCCCn1c(C)c(C)c(C#N)c1N. The Morgan fingerprint density at radius 1 is 1.28 bits per heavy atom. The highest BCUT2D eigenvalue weighted by atomic mass is 16.5. The molecule has 0 aromatic carbocycles. The molecule has 0 unspecified atom stereocenters. The number of rotatable bonds is 7. The average molecular weight is 251 g/mol. The fourth-order valence-corrected chi connectivity index (χ4v) is 1.89. The topological polar surface area (TPSA) is 73.2 Å². The first-order chi connectivity index (χ1) is 8.63. The van der Waals surface area contributed by atoms with Gasteiger partial charge in [0.2, 0.25) is 0 Å². The molecule has 5 heteroatoms. The van der Waals surface area contributed by atoms with Crippen LogP contribution in [0, 0.1) is 25.2 Å². The van der Waals surface area contributed by atoms with Crippen molar-refractivity contribution in [2.24, 2.45) is 0 Å². The molecule has 5 nitrogen and oxygen atoms in total. The summed E-state index contributed by atoms with van der Waals surface area (Å²) in [7, 11) is 1.65. The Hall–Kier alpha value is -1.51. The minimum atomic E-state index is 0.560. The van der Waals surface area contributed by atoms with Crippen LogP contribution in [0.25, 0.3) is 0 Å². The van der Waals surface area contributed by atoms with E-state index in [-0.39, 0.29) is 0 Å². The highest BCUT2D eigenvalue weighted by Gasteiger charge is 2.14. The second kappa shape index (κ2) is 7.04. The molecule has 0 aliphatic rings. The van der Waals surface area contributed by atoms with E-state index in [0.717, 1.165) is 24.2 Å². The van der Waals surface area contributed by atoms with Gasteiger partial charge in [-0.2, -0.15) is 5.26 Å². The van der Waals surface area contributed by atoms with Gasteiger partial charge in [-0.25, -0.2) is 0 Å². The number of nitrogens with zero attached hydrogens (tertiary/aromatic N) is 2. The molecule has 1 heterocycles. The molecule has 0 atom stereocenters. The number of nitrogen functional groups attached to an aromatic ring is 1. The second-order valence-electron chi connectivity index (χ2n) is 4.19. The first kappa shape index (κ1) is 14.6. The van der Waals surface area contributed by atoms with Crippen molar-refractivity contribution in [2.75, 3.05) is 32.7 Å². The number of nitrogens with two attached hydrogens (primary N) is 1. The molecule has 0 spiro atoms. The summed E-state index contributed by atoms with van der Waals surface area (Å²) in [4.78, 5) is 0. The zero-order valence-electron chi connectivity index (χ0n) is 11.3. The molecule has 0 aliphatic carbocycles. The normalized spacial score (nSPS) is 10.6. The third-order valence-corrected chi connectivity index (χ3v) is 3.08. The van der Waals surface area contributed by atoms with Gasteiger partial charge in [0.15, 0.2) is 0 Å². The fraction of sp³-hybridized carbons (Fsp3) is 0.615. The van der Waals surface area contributed by atoms with E-state index in [1.165, 1.54) is 0 Å². The van der Waals surface area contributed by atoms with E-state index in [4.69, 9.17) is 20.5 Å². The highest BCUT2D eigenvalue weighted by Crippen LogP contribution is 2.23.